The minimum absolute atomic E-state index is 0.147. The first-order chi connectivity index (χ1) is 11.1. The maximum atomic E-state index is 13.0. The van der Waals surface area contributed by atoms with Crippen molar-refractivity contribution in [2.45, 2.75) is 52.0 Å². The van der Waals surface area contributed by atoms with Gasteiger partial charge in [0.2, 0.25) is 5.91 Å². The molecule has 1 aliphatic rings. The molecule has 1 aromatic rings. The Morgan fingerprint density at radius 2 is 1.91 bits per heavy atom. The number of rotatable bonds is 7. The van der Waals surface area contributed by atoms with Crippen LogP contribution < -0.4 is 5.32 Å². The van der Waals surface area contributed by atoms with Crippen LogP contribution in [0.25, 0.3) is 0 Å². The van der Waals surface area contributed by atoms with Crippen molar-refractivity contribution in [2.75, 3.05) is 19.6 Å². The number of amides is 1. The summed E-state index contributed by atoms with van der Waals surface area (Å²) in [6.07, 6.45) is 5.24. The van der Waals surface area contributed by atoms with E-state index < -0.39 is 0 Å². The quantitative estimate of drug-likeness (QED) is 0.773. The summed E-state index contributed by atoms with van der Waals surface area (Å²) < 4.78 is 13.0. The fourth-order valence-corrected chi connectivity index (χ4v) is 3.23. The predicted octanol–water partition coefficient (Wildman–Crippen LogP) is 3.91. The molecule has 0 spiro atoms. The molecule has 128 valence electrons. The van der Waals surface area contributed by atoms with Crippen LogP contribution in [0.2, 0.25) is 0 Å². The van der Waals surface area contributed by atoms with Crippen LogP contribution in [0.4, 0.5) is 4.39 Å². The van der Waals surface area contributed by atoms with Crippen molar-refractivity contribution in [3.63, 3.8) is 0 Å². The molecule has 1 amide bonds. The Morgan fingerprint density at radius 1 is 1.26 bits per heavy atom. The highest BCUT2D eigenvalue weighted by molar-refractivity contribution is 5.78. The highest BCUT2D eigenvalue weighted by atomic mass is 19.1. The first-order valence-corrected chi connectivity index (χ1v) is 8.89. The van der Waals surface area contributed by atoms with Gasteiger partial charge in [0.15, 0.2) is 0 Å². The third-order valence-electron chi connectivity index (χ3n) is 4.88. The van der Waals surface area contributed by atoms with Gasteiger partial charge in [0.05, 0.1) is 0 Å². The van der Waals surface area contributed by atoms with Gasteiger partial charge in [0.1, 0.15) is 5.82 Å². The monoisotopic (exact) mass is 320 g/mol. The van der Waals surface area contributed by atoms with Gasteiger partial charge in [-0.15, -0.1) is 0 Å². The maximum Gasteiger partial charge on any atom is 0.223 e. The molecule has 1 atom stereocenters. The standard InChI is InChI=1S/C19H29FN2O/c1-3-4-5-12-21-19(23)17-10-13-22(14-11-17)15(2)16-6-8-18(20)9-7-16/h6-9,15,17H,3-5,10-14H2,1-2H3,(H,21,23)/t15-/m0/s1. The van der Waals surface area contributed by atoms with Crippen molar-refractivity contribution in [2.24, 2.45) is 5.92 Å². The van der Waals surface area contributed by atoms with Gasteiger partial charge in [-0.05, 0) is 57.0 Å². The molecule has 2 rings (SSSR count). The summed E-state index contributed by atoms with van der Waals surface area (Å²) in [5, 5.41) is 3.07. The van der Waals surface area contributed by atoms with E-state index >= 15 is 0 Å². The van der Waals surface area contributed by atoms with Gasteiger partial charge in [-0.2, -0.15) is 0 Å². The highest BCUT2D eigenvalue weighted by Gasteiger charge is 2.27. The number of carbonyl (C=O) groups is 1. The van der Waals surface area contributed by atoms with Crippen LogP contribution in [0.15, 0.2) is 24.3 Å². The lowest BCUT2D eigenvalue weighted by molar-refractivity contribution is -0.126. The SMILES string of the molecule is CCCCCNC(=O)C1CCN([C@@H](C)c2ccc(F)cc2)CC1. The molecule has 3 nitrogen and oxygen atoms in total. The first-order valence-electron chi connectivity index (χ1n) is 8.89. The fraction of sp³-hybridized carbons (Fsp3) is 0.632. The number of nitrogens with one attached hydrogen (secondary N) is 1. The zero-order valence-electron chi connectivity index (χ0n) is 14.4. The molecule has 1 heterocycles. The summed E-state index contributed by atoms with van der Waals surface area (Å²) in [7, 11) is 0. The van der Waals surface area contributed by atoms with Crippen molar-refractivity contribution in [3.8, 4) is 0 Å². The van der Waals surface area contributed by atoms with Crippen LogP contribution in [-0.2, 0) is 4.79 Å². The van der Waals surface area contributed by atoms with E-state index in [1.54, 1.807) is 0 Å². The summed E-state index contributed by atoms with van der Waals surface area (Å²) in [5.41, 5.74) is 1.13. The number of hydrogen-bond donors (Lipinski definition) is 1. The molecule has 1 saturated heterocycles. The second-order valence-electron chi connectivity index (χ2n) is 6.54. The predicted molar refractivity (Wildman–Crippen MR) is 91.6 cm³/mol. The van der Waals surface area contributed by atoms with Gasteiger partial charge >= 0.3 is 0 Å². The topological polar surface area (TPSA) is 32.3 Å². The zero-order chi connectivity index (χ0) is 16.7. The first kappa shape index (κ1) is 17.9. The Balaban J connectivity index is 1.76. The van der Waals surface area contributed by atoms with Crippen LogP contribution in [0.1, 0.15) is 57.6 Å². The Hall–Kier alpha value is -1.42. The molecule has 0 bridgehead atoms. The van der Waals surface area contributed by atoms with Crippen LogP contribution in [0.3, 0.4) is 0 Å². The molecule has 4 heteroatoms. The fourth-order valence-electron chi connectivity index (χ4n) is 3.23. The molecule has 1 aliphatic heterocycles. The number of likely N-dealkylation sites (tertiary alicyclic amines) is 1. The Labute approximate surface area is 139 Å². The highest BCUT2D eigenvalue weighted by Crippen LogP contribution is 2.26. The minimum Gasteiger partial charge on any atom is -0.356 e. The van der Waals surface area contributed by atoms with Crippen molar-refractivity contribution < 1.29 is 9.18 Å². The molecule has 23 heavy (non-hydrogen) atoms. The number of hydrogen-bond acceptors (Lipinski definition) is 2. The molecule has 1 N–H and O–H groups in total. The van der Waals surface area contributed by atoms with Crippen LogP contribution in [0, 0.1) is 11.7 Å². The van der Waals surface area contributed by atoms with E-state index in [-0.39, 0.29) is 23.7 Å². The van der Waals surface area contributed by atoms with Crippen molar-refractivity contribution in [1.82, 2.24) is 10.2 Å². The second kappa shape index (κ2) is 9.02. The van der Waals surface area contributed by atoms with E-state index in [1.807, 2.05) is 12.1 Å². The summed E-state index contributed by atoms with van der Waals surface area (Å²) >= 11 is 0. The van der Waals surface area contributed by atoms with Crippen molar-refractivity contribution in [3.05, 3.63) is 35.6 Å². The Kier molecular flexibility index (Phi) is 7.03. The van der Waals surface area contributed by atoms with Gasteiger partial charge in [-0.3, -0.25) is 9.69 Å². The van der Waals surface area contributed by atoms with Gasteiger partial charge < -0.3 is 5.32 Å². The van der Waals surface area contributed by atoms with Gasteiger partial charge in [0.25, 0.3) is 0 Å². The molecule has 0 unspecified atom stereocenters. The molecule has 1 fully saturated rings. The maximum absolute atomic E-state index is 13.0. The van der Waals surface area contributed by atoms with E-state index in [0.717, 1.165) is 44.5 Å². The zero-order valence-corrected chi connectivity index (χ0v) is 14.4. The van der Waals surface area contributed by atoms with Crippen molar-refractivity contribution >= 4 is 5.91 Å². The summed E-state index contributed by atoms with van der Waals surface area (Å²) in [6.45, 7) is 6.97. The molecule has 0 saturated carbocycles. The lowest BCUT2D eigenvalue weighted by Crippen LogP contribution is -2.41. The average molecular weight is 320 g/mol. The van der Waals surface area contributed by atoms with E-state index in [1.165, 1.54) is 25.0 Å². The lowest BCUT2D eigenvalue weighted by atomic mass is 9.94. The normalized spacial score (nSPS) is 17.9. The smallest absolute Gasteiger partial charge is 0.223 e. The summed E-state index contributed by atoms with van der Waals surface area (Å²) in [6, 6.07) is 7.01. The van der Waals surface area contributed by atoms with E-state index in [0.29, 0.717) is 0 Å². The summed E-state index contributed by atoms with van der Waals surface area (Å²) in [5.74, 6) is 0.169. The summed E-state index contributed by atoms with van der Waals surface area (Å²) in [4.78, 5) is 14.6. The van der Waals surface area contributed by atoms with E-state index in [9.17, 15) is 9.18 Å². The molecule has 1 aromatic carbocycles. The molecule has 0 aliphatic carbocycles. The number of benzene rings is 1. The number of carbonyl (C=O) groups excluding carboxylic acids is 1. The van der Waals surface area contributed by atoms with Gasteiger partial charge in [-0.25, -0.2) is 4.39 Å². The molecule has 0 radical (unpaired) electrons. The average Bonchev–Trinajstić information content (AvgIpc) is 2.59. The van der Waals surface area contributed by atoms with Gasteiger partial charge in [-0.1, -0.05) is 31.9 Å². The van der Waals surface area contributed by atoms with Crippen LogP contribution >= 0.6 is 0 Å². The lowest BCUT2D eigenvalue weighted by Gasteiger charge is -2.35. The van der Waals surface area contributed by atoms with E-state index in [4.69, 9.17) is 0 Å². The molecular weight excluding hydrogens is 291 g/mol. The third kappa shape index (κ3) is 5.31. The number of piperidine rings is 1. The van der Waals surface area contributed by atoms with Gasteiger partial charge in [0, 0.05) is 18.5 Å². The van der Waals surface area contributed by atoms with E-state index in [2.05, 4.69) is 24.1 Å². The van der Waals surface area contributed by atoms with Crippen LogP contribution in [0.5, 0.6) is 0 Å². The molecule has 0 aromatic heterocycles. The number of halogens is 1. The Morgan fingerprint density at radius 3 is 2.52 bits per heavy atom. The van der Waals surface area contributed by atoms with Crippen molar-refractivity contribution in [1.29, 1.82) is 0 Å². The number of unbranched alkanes of at least 4 members (excludes halogenated alkanes) is 2. The minimum atomic E-state index is -0.195. The Bertz CT molecular complexity index is 481. The largest absolute Gasteiger partial charge is 0.356 e. The third-order valence-corrected chi connectivity index (χ3v) is 4.88. The second-order valence-corrected chi connectivity index (χ2v) is 6.54. The number of nitrogens with zero attached hydrogens (tertiary/aromatic N) is 1. The van der Waals surface area contributed by atoms with Crippen LogP contribution in [-0.4, -0.2) is 30.4 Å². The molecular formula is C19H29FN2O.